The summed E-state index contributed by atoms with van der Waals surface area (Å²) in [5.41, 5.74) is -0.718. The number of rotatable bonds is 3. The summed E-state index contributed by atoms with van der Waals surface area (Å²) in [6, 6.07) is 1.95. The molecule has 142 valence electrons. The predicted octanol–water partition coefficient (Wildman–Crippen LogP) is 1.29. The zero-order valence-electron chi connectivity index (χ0n) is 15.2. The summed E-state index contributed by atoms with van der Waals surface area (Å²) in [5, 5.41) is 17.0. The molecule has 2 N–H and O–H groups in total. The fraction of sp³-hybridized carbons (Fsp3) is 0.722. The van der Waals surface area contributed by atoms with Crippen molar-refractivity contribution in [3.63, 3.8) is 0 Å². The van der Waals surface area contributed by atoms with Crippen molar-refractivity contribution in [2.24, 2.45) is 18.4 Å². The molecule has 2 amide bonds. The number of urea groups is 1. The summed E-state index contributed by atoms with van der Waals surface area (Å²) in [5.74, 6) is 0.419. The molecule has 1 aromatic heterocycles. The van der Waals surface area contributed by atoms with Crippen molar-refractivity contribution in [1.82, 2.24) is 20.0 Å². The molecule has 0 aromatic carbocycles. The van der Waals surface area contributed by atoms with E-state index in [1.807, 2.05) is 17.8 Å². The Kier molecular flexibility index (Phi) is 4.28. The minimum atomic E-state index is -0.740. The fourth-order valence-corrected chi connectivity index (χ4v) is 5.04. The normalized spacial score (nSPS) is 31.1. The maximum atomic E-state index is 12.8. The lowest BCUT2D eigenvalue weighted by atomic mass is 9.81. The Morgan fingerprint density at radius 1 is 1.31 bits per heavy atom. The van der Waals surface area contributed by atoms with E-state index in [-0.39, 0.29) is 18.0 Å². The zero-order chi connectivity index (χ0) is 18.3. The molecule has 1 unspecified atom stereocenters. The van der Waals surface area contributed by atoms with Crippen LogP contribution in [0.15, 0.2) is 12.3 Å². The van der Waals surface area contributed by atoms with Gasteiger partial charge in [-0.2, -0.15) is 5.10 Å². The lowest BCUT2D eigenvalue weighted by molar-refractivity contribution is -0.149. The van der Waals surface area contributed by atoms with Crippen LogP contribution in [0.3, 0.4) is 0 Å². The van der Waals surface area contributed by atoms with Crippen LogP contribution in [0.4, 0.5) is 10.6 Å². The highest BCUT2D eigenvalue weighted by Gasteiger charge is 2.55. The van der Waals surface area contributed by atoms with Gasteiger partial charge in [0.05, 0.1) is 11.6 Å². The van der Waals surface area contributed by atoms with Gasteiger partial charge in [-0.3, -0.25) is 9.48 Å². The summed E-state index contributed by atoms with van der Waals surface area (Å²) in [7, 11) is 1.92. The van der Waals surface area contributed by atoms with E-state index in [0.29, 0.717) is 19.5 Å². The molecule has 3 fully saturated rings. The van der Waals surface area contributed by atoms with Gasteiger partial charge in [0, 0.05) is 45.3 Å². The average molecular weight is 361 g/mol. The smallest absolute Gasteiger partial charge is 0.317 e. The number of likely N-dealkylation sites (tertiary alicyclic amines) is 1. The number of carboxylic acids is 1. The molecular weight excluding hydrogens is 334 g/mol. The maximum absolute atomic E-state index is 12.8. The molecule has 2 saturated heterocycles. The Hall–Kier alpha value is -2.25. The Labute approximate surface area is 153 Å². The van der Waals surface area contributed by atoms with Crippen LogP contribution in [0.1, 0.15) is 32.1 Å². The second-order valence-corrected chi connectivity index (χ2v) is 7.98. The van der Waals surface area contributed by atoms with Crippen LogP contribution in [0.2, 0.25) is 0 Å². The van der Waals surface area contributed by atoms with Crippen molar-refractivity contribution < 1.29 is 14.7 Å². The lowest BCUT2D eigenvalue weighted by Gasteiger charge is -2.35. The van der Waals surface area contributed by atoms with Crippen molar-refractivity contribution in [2.45, 2.75) is 38.1 Å². The maximum Gasteiger partial charge on any atom is 0.317 e. The molecule has 8 heteroatoms. The van der Waals surface area contributed by atoms with Gasteiger partial charge in [0.2, 0.25) is 0 Å². The Bertz CT molecular complexity index is 705. The van der Waals surface area contributed by atoms with Gasteiger partial charge in [0.25, 0.3) is 0 Å². The second-order valence-electron chi connectivity index (χ2n) is 7.98. The van der Waals surface area contributed by atoms with Crippen LogP contribution in [0.5, 0.6) is 0 Å². The number of aromatic nitrogens is 2. The molecule has 4 rings (SSSR count). The molecule has 3 atom stereocenters. The van der Waals surface area contributed by atoms with E-state index in [1.54, 1.807) is 11.1 Å². The quantitative estimate of drug-likeness (QED) is 0.846. The summed E-state index contributed by atoms with van der Waals surface area (Å²) in [6.07, 6.45) is 6.29. The number of anilines is 1. The van der Waals surface area contributed by atoms with Gasteiger partial charge in [-0.25, -0.2) is 4.79 Å². The van der Waals surface area contributed by atoms with Crippen molar-refractivity contribution >= 4 is 17.8 Å². The van der Waals surface area contributed by atoms with Gasteiger partial charge in [-0.05, 0) is 31.6 Å². The third-order valence-electron chi connectivity index (χ3n) is 6.45. The number of fused-ring (bicyclic) bond motifs is 1. The van der Waals surface area contributed by atoms with Gasteiger partial charge in [0.15, 0.2) is 0 Å². The zero-order valence-corrected chi connectivity index (χ0v) is 15.2. The molecule has 8 nitrogen and oxygen atoms in total. The van der Waals surface area contributed by atoms with Crippen molar-refractivity contribution in [3.8, 4) is 0 Å². The summed E-state index contributed by atoms with van der Waals surface area (Å²) >= 11 is 0. The Morgan fingerprint density at radius 2 is 2.15 bits per heavy atom. The second kappa shape index (κ2) is 6.48. The Morgan fingerprint density at radius 3 is 2.85 bits per heavy atom. The van der Waals surface area contributed by atoms with E-state index in [2.05, 4.69) is 15.3 Å². The molecule has 1 aliphatic carbocycles. The molecule has 26 heavy (non-hydrogen) atoms. The summed E-state index contributed by atoms with van der Waals surface area (Å²) < 4.78 is 1.85. The molecule has 0 radical (unpaired) electrons. The number of amides is 2. The highest BCUT2D eigenvalue weighted by Crippen LogP contribution is 2.48. The standard InChI is InChI=1S/C18H27N5O3/c1-21-15(6-8-19-21)22-9-3-5-14(11-22)20-17(26)23-10-13-4-2-7-18(13,12-23)16(24)25/h6,8,13-14H,2-5,7,9-12H2,1H3,(H,20,26)(H,24,25)/t13-,14?,18+/m0/s1. The number of nitrogens with one attached hydrogen (secondary N) is 1. The van der Waals surface area contributed by atoms with Gasteiger partial charge < -0.3 is 20.2 Å². The third-order valence-corrected chi connectivity index (χ3v) is 6.45. The molecule has 2 aliphatic heterocycles. The number of nitrogens with zero attached hydrogens (tertiary/aromatic N) is 4. The highest BCUT2D eigenvalue weighted by molar-refractivity contribution is 5.80. The van der Waals surface area contributed by atoms with E-state index >= 15 is 0 Å². The van der Waals surface area contributed by atoms with Crippen molar-refractivity contribution in [1.29, 1.82) is 0 Å². The molecular formula is C18H27N5O3. The lowest BCUT2D eigenvalue weighted by Crippen LogP contribution is -2.52. The van der Waals surface area contributed by atoms with Crippen LogP contribution in [0.25, 0.3) is 0 Å². The van der Waals surface area contributed by atoms with E-state index in [4.69, 9.17) is 0 Å². The minimum absolute atomic E-state index is 0.0763. The predicted molar refractivity (Wildman–Crippen MR) is 96.0 cm³/mol. The number of hydrogen-bond donors (Lipinski definition) is 2. The highest BCUT2D eigenvalue weighted by atomic mass is 16.4. The monoisotopic (exact) mass is 361 g/mol. The molecule has 1 saturated carbocycles. The first-order chi connectivity index (χ1) is 12.5. The SMILES string of the molecule is Cn1nccc1N1CCCC(NC(=O)N2C[C@@H]3CCC[C@@]3(C(=O)O)C2)C1. The van der Waals surface area contributed by atoms with Gasteiger partial charge >= 0.3 is 12.0 Å². The van der Waals surface area contributed by atoms with E-state index in [9.17, 15) is 14.7 Å². The van der Waals surface area contributed by atoms with Crippen LogP contribution in [-0.2, 0) is 11.8 Å². The first kappa shape index (κ1) is 17.2. The van der Waals surface area contributed by atoms with Crippen molar-refractivity contribution in [3.05, 3.63) is 12.3 Å². The fourth-order valence-electron chi connectivity index (χ4n) is 5.04. The number of aliphatic carboxylic acids is 1. The summed E-state index contributed by atoms with van der Waals surface area (Å²) in [4.78, 5) is 28.5. The van der Waals surface area contributed by atoms with Crippen LogP contribution in [0, 0.1) is 11.3 Å². The topological polar surface area (TPSA) is 90.7 Å². The number of hydrogen-bond acceptors (Lipinski definition) is 4. The largest absolute Gasteiger partial charge is 0.481 e. The van der Waals surface area contributed by atoms with Crippen LogP contribution in [-0.4, -0.2) is 64.0 Å². The first-order valence-electron chi connectivity index (χ1n) is 9.51. The molecule has 3 heterocycles. The Balaban J connectivity index is 1.38. The van der Waals surface area contributed by atoms with Gasteiger partial charge in [0.1, 0.15) is 5.82 Å². The number of piperidine rings is 1. The van der Waals surface area contributed by atoms with E-state index < -0.39 is 11.4 Å². The van der Waals surface area contributed by atoms with Gasteiger partial charge in [-0.1, -0.05) is 6.42 Å². The summed E-state index contributed by atoms with van der Waals surface area (Å²) in [6.45, 7) is 2.62. The number of carboxylic acid groups (broad SMARTS) is 1. The van der Waals surface area contributed by atoms with E-state index in [0.717, 1.165) is 44.6 Å². The molecule has 0 bridgehead atoms. The minimum Gasteiger partial charge on any atom is -0.481 e. The number of carbonyl (C=O) groups is 2. The average Bonchev–Trinajstić information content (AvgIpc) is 3.28. The molecule has 1 aromatic rings. The van der Waals surface area contributed by atoms with Crippen LogP contribution >= 0.6 is 0 Å². The third kappa shape index (κ3) is 2.81. The van der Waals surface area contributed by atoms with Gasteiger partial charge in [-0.15, -0.1) is 0 Å². The molecule has 0 spiro atoms. The van der Waals surface area contributed by atoms with Crippen molar-refractivity contribution in [2.75, 3.05) is 31.1 Å². The first-order valence-corrected chi connectivity index (χ1v) is 9.51. The van der Waals surface area contributed by atoms with Crippen LogP contribution < -0.4 is 10.2 Å². The number of aryl methyl sites for hydroxylation is 1. The molecule has 3 aliphatic rings. The van der Waals surface area contributed by atoms with E-state index in [1.165, 1.54) is 0 Å². The number of carbonyl (C=O) groups excluding carboxylic acids is 1.